The molecule has 1 aromatic heterocycles. The van der Waals surface area contributed by atoms with Crippen molar-refractivity contribution in [2.75, 3.05) is 45.8 Å². The van der Waals surface area contributed by atoms with Crippen molar-refractivity contribution in [2.24, 2.45) is 0 Å². The molecule has 1 heterocycles. The summed E-state index contributed by atoms with van der Waals surface area (Å²) in [6.07, 6.45) is 2.66. The van der Waals surface area contributed by atoms with E-state index in [4.69, 9.17) is 9.47 Å². The Labute approximate surface area is 229 Å². The molecular formula is C31H36N4O4. The van der Waals surface area contributed by atoms with E-state index in [0.29, 0.717) is 31.8 Å². The molecule has 8 nitrogen and oxygen atoms in total. The van der Waals surface area contributed by atoms with Crippen LogP contribution < -0.4 is 10.1 Å². The van der Waals surface area contributed by atoms with Crippen LogP contribution in [0.5, 0.6) is 5.75 Å². The summed E-state index contributed by atoms with van der Waals surface area (Å²) < 4.78 is 10.8. The first-order valence-corrected chi connectivity index (χ1v) is 13.0. The second kappa shape index (κ2) is 13.5. The van der Waals surface area contributed by atoms with Gasteiger partial charge in [0.2, 0.25) is 5.91 Å². The minimum atomic E-state index is -0.349. The molecule has 0 fully saturated rings. The van der Waals surface area contributed by atoms with Crippen molar-refractivity contribution < 1.29 is 19.1 Å². The number of aromatic amines is 1. The number of methoxy groups -OCH3 is 2. The van der Waals surface area contributed by atoms with Gasteiger partial charge in [0.1, 0.15) is 12.3 Å². The number of ether oxygens (including phenoxy) is 2. The van der Waals surface area contributed by atoms with Crippen molar-refractivity contribution in [1.82, 2.24) is 14.8 Å². The maximum absolute atomic E-state index is 13.8. The largest absolute Gasteiger partial charge is 0.496 e. The zero-order chi connectivity index (χ0) is 27.6. The van der Waals surface area contributed by atoms with Crippen LogP contribution in [0.2, 0.25) is 0 Å². The minimum absolute atomic E-state index is 0.0793. The van der Waals surface area contributed by atoms with E-state index in [-0.39, 0.29) is 25.0 Å². The van der Waals surface area contributed by atoms with Crippen LogP contribution in [-0.2, 0) is 22.5 Å². The van der Waals surface area contributed by atoms with Gasteiger partial charge in [-0.05, 0) is 43.2 Å². The van der Waals surface area contributed by atoms with Gasteiger partial charge in [-0.1, -0.05) is 54.1 Å². The maximum atomic E-state index is 13.8. The number of fused-ring (bicyclic) bond motifs is 1. The number of aryl methyl sites for hydroxylation is 1. The smallest absolute Gasteiger partial charge is 0.322 e. The molecule has 4 aromatic rings. The average Bonchev–Trinajstić information content (AvgIpc) is 3.37. The fourth-order valence-electron chi connectivity index (χ4n) is 4.48. The van der Waals surface area contributed by atoms with Gasteiger partial charge < -0.3 is 29.6 Å². The number of para-hydroxylation sites is 2. The Bertz CT molecular complexity index is 1380. The molecular weight excluding hydrogens is 492 g/mol. The van der Waals surface area contributed by atoms with E-state index >= 15 is 0 Å². The summed E-state index contributed by atoms with van der Waals surface area (Å²) in [5.41, 5.74) is 4.87. The molecule has 204 valence electrons. The highest BCUT2D eigenvalue weighted by molar-refractivity contribution is 5.92. The van der Waals surface area contributed by atoms with E-state index in [0.717, 1.165) is 33.3 Å². The SMILES string of the molecule is COCCN(CC(=O)N(CCc1c[nH]c2ccccc12)Cc1ccccc1OC)C(=O)Nc1ccc(C)cc1. The molecule has 0 spiro atoms. The predicted molar refractivity (Wildman–Crippen MR) is 154 cm³/mol. The number of amides is 3. The number of carbonyl (C=O) groups is 2. The van der Waals surface area contributed by atoms with Gasteiger partial charge in [0.05, 0.1) is 13.7 Å². The molecule has 39 heavy (non-hydrogen) atoms. The minimum Gasteiger partial charge on any atom is -0.496 e. The Kier molecular flexibility index (Phi) is 9.58. The van der Waals surface area contributed by atoms with Gasteiger partial charge >= 0.3 is 6.03 Å². The zero-order valence-electron chi connectivity index (χ0n) is 22.8. The highest BCUT2D eigenvalue weighted by Crippen LogP contribution is 2.22. The average molecular weight is 529 g/mol. The van der Waals surface area contributed by atoms with Gasteiger partial charge in [-0.15, -0.1) is 0 Å². The normalized spacial score (nSPS) is 10.8. The van der Waals surface area contributed by atoms with E-state index in [1.54, 1.807) is 19.1 Å². The summed E-state index contributed by atoms with van der Waals surface area (Å²) in [4.78, 5) is 33.5. The lowest BCUT2D eigenvalue weighted by atomic mass is 10.1. The molecule has 0 atom stereocenters. The molecule has 2 N–H and O–H groups in total. The molecule has 0 aliphatic carbocycles. The van der Waals surface area contributed by atoms with Crippen molar-refractivity contribution in [3.05, 3.63) is 95.7 Å². The first-order chi connectivity index (χ1) is 19.0. The van der Waals surface area contributed by atoms with Gasteiger partial charge in [0, 0.05) is 55.1 Å². The number of H-pyrrole nitrogens is 1. The number of hydrogen-bond acceptors (Lipinski definition) is 4. The fourth-order valence-corrected chi connectivity index (χ4v) is 4.48. The van der Waals surface area contributed by atoms with Crippen molar-refractivity contribution in [3.63, 3.8) is 0 Å². The lowest BCUT2D eigenvalue weighted by Crippen LogP contribution is -2.46. The quantitative estimate of drug-likeness (QED) is 0.263. The van der Waals surface area contributed by atoms with Crippen LogP contribution in [0.1, 0.15) is 16.7 Å². The van der Waals surface area contributed by atoms with Crippen molar-refractivity contribution in [2.45, 2.75) is 19.9 Å². The van der Waals surface area contributed by atoms with Gasteiger partial charge in [0.25, 0.3) is 0 Å². The Morgan fingerprint density at radius 3 is 2.38 bits per heavy atom. The lowest BCUT2D eigenvalue weighted by molar-refractivity contribution is -0.132. The number of aromatic nitrogens is 1. The molecule has 0 aliphatic rings. The number of rotatable bonds is 12. The number of benzene rings is 3. The molecule has 3 aromatic carbocycles. The molecule has 8 heteroatoms. The summed E-state index contributed by atoms with van der Waals surface area (Å²) >= 11 is 0. The molecule has 0 bridgehead atoms. The summed E-state index contributed by atoms with van der Waals surface area (Å²) in [5, 5.41) is 4.04. The Morgan fingerprint density at radius 1 is 0.872 bits per heavy atom. The third kappa shape index (κ3) is 7.39. The van der Waals surface area contributed by atoms with Crippen LogP contribution in [0, 0.1) is 6.92 Å². The molecule has 4 rings (SSSR count). The number of carbonyl (C=O) groups excluding carboxylic acids is 2. The highest BCUT2D eigenvalue weighted by atomic mass is 16.5. The second-order valence-corrected chi connectivity index (χ2v) is 9.45. The van der Waals surface area contributed by atoms with E-state index < -0.39 is 0 Å². The highest BCUT2D eigenvalue weighted by Gasteiger charge is 2.23. The Balaban J connectivity index is 1.53. The van der Waals surface area contributed by atoms with Crippen LogP contribution in [-0.4, -0.2) is 67.2 Å². The van der Waals surface area contributed by atoms with Crippen molar-refractivity contribution >= 4 is 28.5 Å². The zero-order valence-corrected chi connectivity index (χ0v) is 22.8. The van der Waals surface area contributed by atoms with Gasteiger partial charge in [-0.2, -0.15) is 0 Å². The lowest BCUT2D eigenvalue weighted by Gasteiger charge is -2.28. The van der Waals surface area contributed by atoms with E-state index in [2.05, 4.69) is 16.4 Å². The first kappa shape index (κ1) is 27.7. The van der Waals surface area contributed by atoms with Crippen LogP contribution in [0.4, 0.5) is 10.5 Å². The number of nitrogens with one attached hydrogen (secondary N) is 2. The summed E-state index contributed by atoms with van der Waals surface area (Å²) in [6, 6.07) is 23.0. The Hall–Kier alpha value is -4.30. The summed E-state index contributed by atoms with van der Waals surface area (Å²) in [7, 11) is 3.20. The van der Waals surface area contributed by atoms with Crippen LogP contribution in [0.3, 0.4) is 0 Å². The number of urea groups is 1. The van der Waals surface area contributed by atoms with Gasteiger partial charge in [-0.25, -0.2) is 4.79 Å². The predicted octanol–water partition coefficient (Wildman–Crippen LogP) is 5.24. The topological polar surface area (TPSA) is 86.9 Å². The van der Waals surface area contributed by atoms with Crippen LogP contribution >= 0.6 is 0 Å². The van der Waals surface area contributed by atoms with Gasteiger partial charge in [-0.3, -0.25) is 4.79 Å². The molecule has 0 aliphatic heterocycles. The van der Waals surface area contributed by atoms with E-state index in [9.17, 15) is 9.59 Å². The molecule has 0 radical (unpaired) electrons. The van der Waals surface area contributed by atoms with E-state index in [1.165, 1.54) is 4.90 Å². The fraction of sp³-hybridized carbons (Fsp3) is 0.290. The molecule has 0 saturated heterocycles. The number of anilines is 1. The summed E-state index contributed by atoms with van der Waals surface area (Å²) in [6.45, 7) is 3.35. The van der Waals surface area contributed by atoms with Gasteiger partial charge in [0.15, 0.2) is 0 Å². The third-order valence-electron chi connectivity index (χ3n) is 6.71. The van der Waals surface area contributed by atoms with Crippen molar-refractivity contribution in [1.29, 1.82) is 0 Å². The molecule has 0 unspecified atom stereocenters. The second-order valence-electron chi connectivity index (χ2n) is 9.45. The van der Waals surface area contributed by atoms with Crippen molar-refractivity contribution in [3.8, 4) is 5.75 Å². The van der Waals surface area contributed by atoms with E-state index in [1.807, 2.05) is 79.9 Å². The van der Waals surface area contributed by atoms with Crippen LogP contribution in [0.15, 0.2) is 79.0 Å². The molecule has 0 saturated carbocycles. The number of hydrogen-bond donors (Lipinski definition) is 2. The third-order valence-corrected chi connectivity index (χ3v) is 6.71. The number of nitrogens with zero attached hydrogens (tertiary/aromatic N) is 2. The standard InChI is InChI=1S/C31H36N4O4/c1-23-12-14-26(15-13-23)33-31(37)35(18-19-38-2)22-30(36)34(21-25-8-4-7-11-29(25)39-3)17-16-24-20-32-28-10-6-5-9-27(24)28/h4-15,20,32H,16-19,21-22H2,1-3H3,(H,33,37). The maximum Gasteiger partial charge on any atom is 0.322 e. The first-order valence-electron chi connectivity index (χ1n) is 13.0. The monoisotopic (exact) mass is 528 g/mol. The molecule has 3 amide bonds. The van der Waals surface area contributed by atoms with Crippen LogP contribution in [0.25, 0.3) is 10.9 Å². The Morgan fingerprint density at radius 2 is 1.62 bits per heavy atom. The summed E-state index contributed by atoms with van der Waals surface area (Å²) in [5.74, 6) is 0.562.